The van der Waals surface area contributed by atoms with Gasteiger partial charge in [0.15, 0.2) is 0 Å². The molecule has 9 heteroatoms. The van der Waals surface area contributed by atoms with Crippen molar-refractivity contribution in [3.05, 3.63) is 112 Å². The van der Waals surface area contributed by atoms with E-state index in [2.05, 4.69) is 16.4 Å². The zero-order valence-corrected chi connectivity index (χ0v) is 23.0. The molecule has 0 radical (unpaired) electrons. The van der Waals surface area contributed by atoms with E-state index in [1.54, 1.807) is 43.5 Å². The minimum Gasteiger partial charge on any atom is -0.488 e. The van der Waals surface area contributed by atoms with Crippen molar-refractivity contribution in [1.82, 2.24) is 10.3 Å². The summed E-state index contributed by atoms with van der Waals surface area (Å²) in [6, 6.07) is 18.9. The number of carbonyl (C=O) groups is 1. The normalized spacial score (nSPS) is 14.6. The summed E-state index contributed by atoms with van der Waals surface area (Å²) in [6.45, 7) is 1.87. The van der Waals surface area contributed by atoms with Gasteiger partial charge in [0.1, 0.15) is 42.1 Å². The molecule has 7 nitrogen and oxygen atoms in total. The number of nitrogens with one attached hydrogen (secondary N) is 1. The number of rotatable bonds is 10. The number of hydrogen-bond acceptors (Lipinski definition) is 6. The largest absolute Gasteiger partial charge is 0.488 e. The fourth-order valence-electron chi connectivity index (χ4n) is 4.90. The third-order valence-corrected chi connectivity index (χ3v) is 7.35. The van der Waals surface area contributed by atoms with Crippen LogP contribution in [-0.4, -0.2) is 22.1 Å². The van der Waals surface area contributed by atoms with Crippen LogP contribution < -0.4 is 14.8 Å². The molecule has 2 N–H and O–H groups in total. The summed E-state index contributed by atoms with van der Waals surface area (Å²) in [5.41, 5.74) is 5.19. The third-order valence-electron chi connectivity index (χ3n) is 7.05. The quantitative estimate of drug-likeness (QED) is 0.220. The molecule has 0 amide bonds. The summed E-state index contributed by atoms with van der Waals surface area (Å²) in [5, 5.41) is 21.8. The van der Waals surface area contributed by atoms with Crippen molar-refractivity contribution in [2.75, 3.05) is 0 Å². The van der Waals surface area contributed by atoms with Crippen LogP contribution in [0.4, 0.5) is 4.39 Å². The molecule has 3 aromatic carbocycles. The van der Waals surface area contributed by atoms with E-state index < -0.39 is 12.0 Å². The Morgan fingerprint density at radius 2 is 1.98 bits per heavy atom. The first kappa shape index (κ1) is 28.1. The van der Waals surface area contributed by atoms with Gasteiger partial charge in [-0.05, 0) is 54.7 Å². The molecule has 2 atom stereocenters. The molecule has 208 valence electrons. The molecule has 41 heavy (non-hydrogen) atoms. The molecule has 1 heterocycles. The fraction of sp³-hybridized carbons (Fsp3) is 0.219. The number of nitrogens with zero attached hydrogens (tertiary/aromatic N) is 2. The maximum absolute atomic E-state index is 14.6. The molecule has 1 aliphatic rings. The first-order valence-corrected chi connectivity index (χ1v) is 13.5. The van der Waals surface area contributed by atoms with Crippen LogP contribution in [0.25, 0.3) is 11.1 Å². The molecule has 0 spiro atoms. The highest BCUT2D eigenvalue weighted by molar-refractivity contribution is 6.32. The predicted octanol–water partition coefficient (Wildman–Crippen LogP) is 6.62. The summed E-state index contributed by atoms with van der Waals surface area (Å²) >= 11 is 6.67. The van der Waals surface area contributed by atoms with E-state index in [0.717, 1.165) is 23.1 Å². The summed E-state index contributed by atoms with van der Waals surface area (Å²) in [7, 11) is 0. The SMILES string of the molecule is C[C@H](NCc1cc(Cl)c(O[C@H]2CCc3c(-c4ccccc4F)cccc32)cc1OCc1cncc(C#N)c1)C(=O)O. The number of aromatic nitrogens is 1. The lowest BCUT2D eigenvalue weighted by Gasteiger charge is -2.20. The highest BCUT2D eigenvalue weighted by Gasteiger charge is 2.28. The Kier molecular flexibility index (Phi) is 8.48. The van der Waals surface area contributed by atoms with Crippen molar-refractivity contribution in [3.8, 4) is 28.7 Å². The van der Waals surface area contributed by atoms with Gasteiger partial charge in [-0.2, -0.15) is 5.26 Å². The lowest BCUT2D eigenvalue weighted by Crippen LogP contribution is -2.33. The Hall–Kier alpha value is -4.45. The number of nitriles is 1. The molecule has 0 fully saturated rings. The van der Waals surface area contributed by atoms with Crippen molar-refractivity contribution in [2.45, 2.75) is 45.1 Å². The first-order chi connectivity index (χ1) is 19.8. The van der Waals surface area contributed by atoms with Gasteiger partial charge in [-0.3, -0.25) is 9.78 Å². The Morgan fingerprint density at radius 3 is 2.76 bits per heavy atom. The highest BCUT2D eigenvalue weighted by Crippen LogP contribution is 2.43. The van der Waals surface area contributed by atoms with Gasteiger partial charge in [0.25, 0.3) is 0 Å². The van der Waals surface area contributed by atoms with Crippen LogP contribution in [-0.2, 0) is 24.4 Å². The number of carboxylic acid groups (broad SMARTS) is 1. The van der Waals surface area contributed by atoms with E-state index in [9.17, 15) is 19.6 Å². The fourth-order valence-corrected chi connectivity index (χ4v) is 5.13. The summed E-state index contributed by atoms with van der Waals surface area (Å²) in [5.74, 6) is -0.385. The number of hydrogen-bond donors (Lipinski definition) is 2. The van der Waals surface area contributed by atoms with Crippen molar-refractivity contribution in [3.63, 3.8) is 0 Å². The van der Waals surface area contributed by atoms with E-state index in [0.29, 0.717) is 45.2 Å². The summed E-state index contributed by atoms with van der Waals surface area (Å²) in [6.07, 6.45) is 4.20. The maximum atomic E-state index is 14.6. The molecule has 1 aliphatic carbocycles. The van der Waals surface area contributed by atoms with Crippen molar-refractivity contribution in [2.24, 2.45) is 0 Å². The highest BCUT2D eigenvalue weighted by atomic mass is 35.5. The second-order valence-corrected chi connectivity index (χ2v) is 10.2. The van der Waals surface area contributed by atoms with Crippen LogP contribution >= 0.6 is 11.6 Å². The molecule has 4 aromatic rings. The van der Waals surface area contributed by atoms with Crippen LogP contribution in [0.3, 0.4) is 0 Å². The van der Waals surface area contributed by atoms with E-state index in [-0.39, 0.29) is 25.1 Å². The number of benzene rings is 3. The number of pyridine rings is 1. The average molecular weight is 572 g/mol. The molecule has 0 unspecified atom stereocenters. The summed E-state index contributed by atoms with van der Waals surface area (Å²) in [4.78, 5) is 15.4. The molecule has 0 bridgehead atoms. The zero-order valence-electron chi connectivity index (χ0n) is 22.2. The van der Waals surface area contributed by atoms with E-state index in [1.807, 2.05) is 24.3 Å². The molecule has 5 rings (SSSR count). The number of fused-ring (bicyclic) bond motifs is 1. The van der Waals surface area contributed by atoms with Crippen LogP contribution in [0.2, 0.25) is 5.02 Å². The third kappa shape index (κ3) is 6.32. The molecule has 0 aliphatic heterocycles. The van der Waals surface area contributed by atoms with Gasteiger partial charge in [0.05, 0.1) is 10.6 Å². The second kappa shape index (κ2) is 12.4. The van der Waals surface area contributed by atoms with Gasteiger partial charge < -0.3 is 19.9 Å². The smallest absolute Gasteiger partial charge is 0.320 e. The van der Waals surface area contributed by atoms with Gasteiger partial charge in [0.2, 0.25) is 0 Å². The Bertz CT molecular complexity index is 1640. The lowest BCUT2D eigenvalue weighted by molar-refractivity contribution is -0.139. The van der Waals surface area contributed by atoms with Crippen LogP contribution in [0, 0.1) is 17.1 Å². The maximum Gasteiger partial charge on any atom is 0.320 e. The van der Waals surface area contributed by atoms with Gasteiger partial charge in [-0.1, -0.05) is 48.0 Å². The van der Waals surface area contributed by atoms with Crippen LogP contribution in [0.1, 0.15) is 47.3 Å². The Labute approximate surface area is 242 Å². The van der Waals surface area contributed by atoms with Gasteiger partial charge >= 0.3 is 5.97 Å². The minimum absolute atomic E-state index is 0.128. The number of aliphatic carboxylic acids is 1. The lowest BCUT2D eigenvalue weighted by atomic mass is 9.96. The van der Waals surface area contributed by atoms with Crippen LogP contribution in [0.15, 0.2) is 73.1 Å². The van der Waals surface area contributed by atoms with E-state index in [4.69, 9.17) is 21.1 Å². The van der Waals surface area contributed by atoms with Gasteiger partial charge in [0, 0.05) is 41.7 Å². The molecular weight excluding hydrogens is 545 g/mol. The van der Waals surface area contributed by atoms with Gasteiger partial charge in [-0.25, -0.2) is 4.39 Å². The topological polar surface area (TPSA) is 104 Å². The van der Waals surface area contributed by atoms with Crippen molar-refractivity contribution in [1.29, 1.82) is 5.26 Å². The molecule has 0 saturated heterocycles. The second-order valence-electron chi connectivity index (χ2n) is 9.81. The standard InChI is InChI=1S/C32H27ClFN3O4/c1-19(32(38)39)37-17-22-12-27(33)31(13-30(22)40-18-21-11-20(14-35)15-36-16-21)41-29-10-9-24-23(6-4-7-26(24)29)25-5-2-3-8-28(25)34/h2-8,11-13,15-16,19,29,37H,9-10,17-18H2,1H3,(H,38,39)/t19-,29-/m0/s1. The summed E-state index contributed by atoms with van der Waals surface area (Å²) < 4.78 is 27.1. The Morgan fingerprint density at radius 1 is 1.17 bits per heavy atom. The molecule has 1 aromatic heterocycles. The monoisotopic (exact) mass is 571 g/mol. The van der Waals surface area contributed by atoms with Crippen molar-refractivity contribution < 1.29 is 23.8 Å². The van der Waals surface area contributed by atoms with Crippen molar-refractivity contribution >= 4 is 17.6 Å². The van der Waals surface area contributed by atoms with E-state index in [1.165, 1.54) is 12.3 Å². The molecule has 0 saturated carbocycles. The Balaban J connectivity index is 1.43. The zero-order chi connectivity index (χ0) is 28.9. The van der Waals surface area contributed by atoms with Crippen LogP contribution in [0.5, 0.6) is 11.5 Å². The molecular formula is C32H27ClFN3O4. The average Bonchev–Trinajstić information content (AvgIpc) is 3.39. The number of ether oxygens (including phenoxy) is 2. The predicted molar refractivity (Wildman–Crippen MR) is 152 cm³/mol. The first-order valence-electron chi connectivity index (χ1n) is 13.1. The number of carboxylic acids is 1. The van der Waals surface area contributed by atoms with Gasteiger partial charge in [-0.15, -0.1) is 0 Å². The minimum atomic E-state index is -0.979. The number of halogens is 2. The van der Waals surface area contributed by atoms with E-state index >= 15 is 0 Å².